The number of halogens is 1. The molecule has 2 fully saturated rings. The maximum atomic E-state index is 13.3. The van der Waals surface area contributed by atoms with Gasteiger partial charge in [-0.1, -0.05) is 6.42 Å². The van der Waals surface area contributed by atoms with Gasteiger partial charge in [0.2, 0.25) is 0 Å². The lowest BCUT2D eigenvalue weighted by Gasteiger charge is -2.50. The minimum absolute atomic E-state index is 0.322. The van der Waals surface area contributed by atoms with Gasteiger partial charge in [-0.15, -0.1) is 0 Å². The lowest BCUT2D eigenvalue weighted by atomic mass is 9.74. The third-order valence-electron chi connectivity index (χ3n) is 4.57. The standard InChI is InChI=1S/C14H19FN2O/c1-17-11-3-2-4-12(17)9-14(18,8-11)13-7-10(15)5-6-16-13/h5-7,11-12,18H,2-4,8-9H2,1H3. The zero-order valence-corrected chi connectivity index (χ0v) is 10.6. The summed E-state index contributed by atoms with van der Waals surface area (Å²) < 4.78 is 13.3. The second kappa shape index (κ2) is 4.28. The van der Waals surface area contributed by atoms with E-state index in [9.17, 15) is 9.50 Å². The van der Waals surface area contributed by atoms with Crippen LogP contribution in [0.15, 0.2) is 18.3 Å². The molecule has 1 aromatic heterocycles. The zero-order valence-electron chi connectivity index (χ0n) is 10.6. The lowest BCUT2D eigenvalue weighted by Crippen LogP contribution is -2.55. The van der Waals surface area contributed by atoms with Gasteiger partial charge in [0, 0.05) is 18.3 Å². The number of fused-ring (bicyclic) bond motifs is 2. The van der Waals surface area contributed by atoms with E-state index in [0.717, 1.165) is 12.8 Å². The van der Waals surface area contributed by atoms with Crippen LogP contribution >= 0.6 is 0 Å². The molecule has 2 atom stereocenters. The van der Waals surface area contributed by atoms with Gasteiger partial charge in [-0.05, 0) is 44.9 Å². The van der Waals surface area contributed by atoms with Gasteiger partial charge in [-0.3, -0.25) is 4.98 Å². The highest BCUT2D eigenvalue weighted by atomic mass is 19.1. The second-order valence-electron chi connectivity index (χ2n) is 5.70. The molecule has 4 heteroatoms. The molecule has 0 amide bonds. The van der Waals surface area contributed by atoms with Gasteiger partial charge in [-0.2, -0.15) is 0 Å². The van der Waals surface area contributed by atoms with Crippen LogP contribution in [0.2, 0.25) is 0 Å². The fourth-order valence-corrected chi connectivity index (χ4v) is 3.52. The topological polar surface area (TPSA) is 36.4 Å². The highest BCUT2D eigenvalue weighted by Crippen LogP contribution is 2.42. The molecule has 1 aromatic rings. The van der Waals surface area contributed by atoms with E-state index in [1.54, 1.807) is 0 Å². The molecule has 0 aromatic carbocycles. The Morgan fingerprint density at radius 1 is 1.39 bits per heavy atom. The van der Waals surface area contributed by atoms with Crippen molar-refractivity contribution in [2.75, 3.05) is 7.05 Å². The molecule has 2 aliphatic rings. The van der Waals surface area contributed by atoms with Crippen LogP contribution in [0.4, 0.5) is 4.39 Å². The predicted octanol–water partition coefficient (Wildman–Crippen LogP) is 2.05. The minimum atomic E-state index is -0.954. The van der Waals surface area contributed by atoms with Crippen LogP contribution in [0.3, 0.4) is 0 Å². The number of aliphatic hydroxyl groups is 1. The molecule has 0 saturated carbocycles. The number of pyridine rings is 1. The van der Waals surface area contributed by atoms with Crippen molar-refractivity contribution in [2.24, 2.45) is 0 Å². The molecule has 2 bridgehead atoms. The van der Waals surface area contributed by atoms with Gasteiger partial charge in [0.1, 0.15) is 11.4 Å². The van der Waals surface area contributed by atoms with E-state index < -0.39 is 5.60 Å². The molecular weight excluding hydrogens is 231 g/mol. The van der Waals surface area contributed by atoms with Crippen LogP contribution in [0.5, 0.6) is 0 Å². The van der Waals surface area contributed by atoms with E-state index in [4.69, 9.17) is 0 Å². The number of hydrogen-bond acceptors (Lipinski definition) is 3. The fourth-order valence-electron chi connectivity index (χ4n) is 3.52. The number of rotatable bonds is 1. The van der Waals surface area contributed by atoms with Crippen LogP contribution in [0, 0.1) is 5.82 Å². The average molecular weight is 250 g/mol. The number of aromatic nitrogens is 1. The van der Waals surface area contributed by atoms with E-state index in [2.05, 4.69) is 16.9 Å². The van der Waals surface area contributed by atoms with Crippen LogP contribution in [-0.4, -0.2) is 34.1 Å². The fraction of sp³-hybridized carbons (Fsp3) is 0.643. The van der Waals surface area contributed by atoms with Crippen molar-refractivity contribution >= 4 is 0 Å². The Labute approximate surface area is 107 Å². The van der Waals surface area contributed by atoms with Gasteiger partial charge >= 0.3 is 0 Å². The molecule has 0 aliphatic carbocycles. The number of nitrogens with zero attached hydrogens (tertiary/aromatic N) is 2. The van der Waals surface area contributed by atoms with Crippen molar-refractivity contribution in [2.45, 2.75) is 49.8 Å². The monoisotopic (exact) mass is 250 g/mol. The van der Waals surface area contributed by atoms with Crippen molar-refractivity contribution in [3.05, 3.63) is 29.8 Å². The Kier molecular flexibility index (Phi) is 2.87. The van der Waals surface area contributed by atoms with E-state index in [-0.39, 0.29) is 5.82 Å². The molecule has 2 aliphatic heterocycles. The summed E-state index contributed by atoms with van der Waals surface area (Å²) in [6.45, 7) is 0. The van der Waals surface area contributed by atoms with Crippen LogP contribution < -0.4 is 0 Å². The van der Waals surface area contributed by atoms with E-state index in [1.165, 1.54) is 24.8 Å². The zero-order chi connectivity index (χ0) is 12.8. The summed E-state index contributed by atoms with van der Waals surface area (Å²) in [6.07, 6.45) is 6.23. The van der Waals surface area contributed by atoms with Crippen molar-refractivity contribution in [3.8, 4) is 0 Å². The van der Waals surface area contributed by atoms with Crippen LogP contribution in [0.1, 0.15) is 37.8 Å². The molecule has 2 unspecified atom stereocenters. The second-order valence-corrected chi connectivity index (χ2v) is 5.70. The highest BCUT2D eigenvalue weighted by molar-refractivity contribution is 5.17. The lowest BCUT2D eigenvalue weighted by molar-refractivity contribution is -0.0900. The van der Waals surface area contributed by atoms with E-state index >= 15 is 0 Å². The SMILES string of the molecule is CN1C2CCCC1CC(O)(c1cc(F)ccn1)C2. The van der Waals surface area contributed by atoms with Crippen LogP contribution in [0.25, 0.3) is 0 Å². The third kappa shape index (κ3) is 1.93. The quantitative estimate of drug-likeness (QED) is 0.828. The van der Waals surface area contributed by atoms with Crippen molar-refractivity contribution in [3.63, 3.8) is 0 Å². The summed E-state index contributed by atoms with van der Waals surface area (Å²) in [5.41, 5.74) is -0.461. The predicted molar refractivity (Wildman–Crippen MR) is 66.5 cm³/mol. The Hall–Kier alpha value is -1.00. The summed E-state index contributed by atoms with van der Waals surface area (Å²) in [7, 11) is 2.13. The first-order valence-electron chi connectivity index (χ1n) is 6.65. The average Bonchev–Trinajstić information content (AvgIpc) is 2.31. The molecule has 0 radical (unpaired) electrons. The molecule has 3 rings (SSSR count). The summed E-state index contributed by atoms with van der Waals surface area (Å²) in [5.74, 6) is -0.322. The molecule has 2 saturated heterocycles. The molecule has 1 N–H and O–H groups in total. The number of hydrogen-bond donors (Lipinski definition) is 1. The maximum absolute atomic E-state index is 13.3. The highest BCUT2D eigenvalue weighted by Gasteiger charge is 2.45. The van der Waals surface area contributed by atoms with Gasteiger partial charge in [0.15, 0.2) is 0 Å². The summed E-state index contributed by atoms with van der Waals surface area (Å²) in [4.78, 5) is 6.55. The summed E-state index contributed by atoms with van der Waals surface area (Å²) >= 11 is 0. The van der Waals surface area contributed by atoms with Crippen LogP contribution in [-0.2, 0) is 5.60 Å². The maximum Gasteiger partial charge on any atom is 0.126 e. The van der Waals surface area contributed by atoms with Gasteiger partial charge in [-0.25, -0.2) is 4.39 Å². The summed E-state index contributed by atoms with van der Waals surface area (Å²) in [6, 6.07) is 3.49. The number of piperidine rings is 2. The molecular formula is C14H19FN2O. The molecule has 98 valence electrons. The molecule has 0 spiro atoms. The van der Waals surface area contributed by atoms with Crippen molar-refractivity contribution in [1.29, 1.82) is 0 Å². The van der Waals surface area contributed by atoms with Gasteiger partial charge in [0.05, 0.1) is 5.69 Å². The molecule has 3 heterocycles. The van der Waals surface area contributed by atoms with Crippen molar-refractivity contribution in [1.82, 2.24) is 9.88 Å². The summed E-state index contributed by atoms with van der Waals surface area (Å²) in [5, 5.41) is 10.8. The molecule has 3 nitrogen and oxygen atoms in total. The Bertz CT molecular complexity index is 437. The molecule has 18 heavy (non-hydrogen) atoms. The van der Waals surface area contributed by atoms with E-state index in [0.29, 0.717) is 30.6 Å². The first-order chi connectivity index (χ1) is 8.58. The Balaban J connectivity index is 1.92. The Morgan fingerprint density at radius 2 is 2.06 bits per heavy atom. The van der Waals surface area contributed by atoms with Crippen molar-refractivity contribution < 1.29 is 9.50 Å². The Morgan fingerprint density at radius 3 is 2.67 bits per heavy atom. The van der Waals surface area contributed by atoms with Gasteiger partial charge in [0.25, 0.3) is 0 Å². The minimum Gasteiger partial charge on any atom is -0.383 e. The first-order valence-corrected chi connectivity index (χ1v) is 6.65. The third-order valence-corrected chi connectivity index (χ3v) is 4.57. The largest absolute Gasteiger partial charge is 0.383 e. The smallest absolute Gasteiger partial charge is 0.126 e. The normalized spacial score (nSPS) is 36.6. The first kappa shape index (κ1) is 12.1. The van der Waals surface area contributed by atoms with Gasteiger partial charge < -0.3 is 10.0 Å². The van der Waals surface area contributed by atoms with E-state index in [1.807, 2.05) is 0 Å².